The largest absolute Gasteiger partial charge is 0.495 e. The molecule has 2 heterocycles. The maximum atomic E-state index is 13.6. The Morgan fingerprint density at radius 1 is 1.18 bits per heavy atom. The predicted octanol–water partition coefficient (Wildman–Crippen LogP) is 1.88. The number of aryl methyl sites for hydroxylation is 1. The first kappa shape index (κ1) is 20.3. The van der Waals surface area contributed by atoms with Gasteiger partial charge in [-0.2, -0.15) is 4.31 Å². The van der Waals surface area contributed by atoms with Gasteiger partial charge in [-0.05, 0) is 32.0 Å². The minimum absolute atomic E-state index is 0.130. The molecule has 1 N–H and O–H groups in total. The van der Waals surface area contributed by atoms with E-state index in [1.54, 1.807) is 0 Å². The summed E-state index contributed by atoms with van der Waals surface area (Å²) in [6.45, 7) is 6.03. The van der Waals surface area contributed by atoms with Crippen LogP contribution in [0.4, 0.5) is 16.0 Å². The van der Waals surface area contributed by atoms with Gasteiger partial charge in [-0.25, -0.2) is 22.8 Å². The fourth-order valence-corrected chi connectivity index (χ4v) is 4.72. The van der Waals surface area contributed by atoms with E-state index in [-0.39, 0.29) is 23.7 Å². The molecule has 0 atom stereocenters. The molecule has 0 unspecified atom stereocenters. The highest BCUT2D eigenvalue weighted by atomic mass is 32.2. The molecule has 0 amide bonds. The van der Waals surface area contributed by atoms with Gasteiger partial charge in [0.1, 0.15) is 33.9 Å². The highest BCUT2D eigenvalue weighted by molar-refractivity contribution is 7.89. The summed E-state index contributed by atoms with van der Waals surface area (Å²) in [5.41, 5.74) is 0. The molecule has 28 heavy (non-hydrogen) atoms. The van der Waals surface area contributed by atoms with Crippen LogP contribution in [0.15, 0.2) is 29.2 Å². The van der Waals surface area contributed by atoms with Crippen molar-refractivity contribution in [1.82, 2.24) is 14.3 Å². The van der Waals surface area contributed by atoms with Gasteiger partial charge < -0.3 is 15.0 Å². The van der Waals surface area contributed by atoms with Crippen molar-refractivity contribution in [2.24, 2.45) is 0 Å². The summed E-state index contributed by atoms with van der Waals surface area (Å²) in [5, 5.41) is 3.17. The van der Waals surface area contributed by atoms with Crippen molar-refractivity contribution in [3.63, 3.8) is 0 Å². The summed E-state index contributed by atoms with van der Waals surface area (Å²) in [6, 6.07) is 5.35. The Hall–Kier alpha value is -2.46. The van der Waals surface area contributed by atoms with Crippen molar-refractivity contribution in [2.75, 3.05) is 50.1 Å². The lowest BCUT2D eigenvalue weighted by Crippen LogP contribution is -2.49. The molecule has 0 aliphatic carbocycles. The number of hydrogen-bond acceptors (Lipinski definition) is 7. The van der Waals surface area contributed by atoms with E-state index in [1.165, 1.54) is 23.5 Å². The third kappa shape index (κ3) is 4.17. The quantitative estimate of drug-likeness (QED) is 0.779. The maximum absolute atomic E-state index is 13.6. The van der Waals surface area contributed by atoms with Crippen LogP contribution >= 0.6 is 0 Å². The van der Waals surface area contributed by atoms with Crippen molar-refractivity contribution in [1.29, 1.82) is 0 Å². The monoisotopic (exact) mass is 409 g/mol. The first-order valence-corrected chi connectivity index (χ1v) is 10.5. The number of methoxy groups -OCH3 is 1. The van der Waals surface area contributed by atoms with Gasteiger partial charge in [-0.1, -0.05) is 0 Å². The molecule has 3 rings (SSSR count). The number of halogens is 1. The molecule has 2 aromatic rings. The Bertz CT molecular complexity index is 946. The number of benzene rings is 1. The molecule has 0 spiro atoms. The zero-order valence-corrected chi connectivity index (χ0v) is 17.0. The highest BCUT2D eigenvalue weighted by Crippen LogP contribution is 2.28. The summed E-state index contributed by atoms with van der Waals surface area (Å²) < 4.78 is 46.1. The van der Waals surface area contributed by atoms with Crippen LogP contribution in [0.5, 0.6) is 5.75 Å². The first-order chi connectivity index (χ1) is 13.3. The Morgan fingerprint density at radius 3 is 2.54 bits per heavy atom. The Balaban J connectivity index is 1.78. The minimum atomic E-state index is -3.86. The van der Waals surface area contributed by atoms with Crippen molar-refractivity contribution in [3.05, 3.63) is 35.9 Å². The molecule has 1 saturated heterocycles. The number of nitrogens with zero attached hydrogens (tertiary/aromatic N) is 4. The first-order valence-electron chi connectivity index (χ1n) is 9.03. The van der Waals surface area contributed by atoms with Gasteiger partial charge in [0, 0.05) is 38.8 Å². The normalized spacial score (nSPS) is 15.5. The average molecular weight is 409 g/mol. The molecule has 8 nitrogen and oxygen atoms in total. The van der Waals surface area contributed by atoms with E-state index in [2.05, 4.69) is 15.3 Å². The fraction of sp³-hybridized carbons (Fsp3) is 0.444. The van der Waals surface area contributed by atoms with Crippen LogP contribution in [0.2, 0.25) is 0 Å². The second kappa shape index (κ2) is 8.27. The summed E-state index contributed by atoms with van der Waals surface area (Å²) in [7, 11) is -2.50. The fourth-order valence-electron chi connectivity index (χ4n) is 3.13. The second-order valence-corrected chi connectivity index (χ2v) is 8.28. The van der Waals surface area contributed by atoms with Gasteiger partial charge in [-0.15, -0.1) is 0 Å². The Kier molecular flexibility index (Phi) is 5.99. The Labute approximate surface area is 164 Å². The van der Waals surface area contributed by atoms with Crippen molar-refractivity contribution >= 4 is 21.7 Å². The molecule has 1 fully saturated rings. The molecule has 0 radical (unpaired) electrons. The molecular formula is C18H24FN5O3S. The number of ether oxygens (including phenoxy) is 1. The predicted molar refractivity (Wildman–Crippen MR) is 105 cm³/mol. The van der Waals surface area contributed by atoms with Gasteiger partial charge in [0.05, 0.1) is 7.11 Å². The number of hydrogen-bond donors (Lipinski definition) is 1. The van der Waals surface area contributed by atoms with Gasteiger partial charge in [0.2, 0.25) is 10.0 Å². The van der Waals surface area contributed by atoms with Gasteiger partial charge in [0.15, 0.2) is 0 Å². The number of sulfonamides is 1. The van der Waals surface area contributed by atoms with Gasteiger partial charge in [-0.3, -0.25) is 0 Å². The molecule has 10 heteroatoms. The van der Waals surface area contributed by atoms with Crippen LogP contribution in [0, 0.1) is 12.7 Å². The maximum Gasteiger partial charge on any atom is 0.246 e. The van der Waals surface area contributed by atoms with E-state index in [9.17, 15) is 12.8 Å². The second-order valence-electron chi connectivity index (χ2n) is 6.38. The third-order valence-corrected chi connectivity index (χ3v) is 6.41. The number of piperazine rings is 1. The van der Waals surface area contributed by atoms with Crippen LogP contribution in [0.3, 0.4) is 0 Å². The van der Waals surface area contributed by atoms with Crippen molar-refractivity contribution < 1.29 is 17.5 Å². The zero-order valence-electron chi connectivity index (χ0n) is 16.1. The Morgan fingerprint density at radius 2 is 1.89 bits per heavy atom. The molecular weight excluding hydrogens is 385 g/mol. The van der Waals surface area contributed by atoms with E-state index in [0.717, 1.165) is 24.2 Å². The molecule has 0 saturated carbocycles. The van der Waals surface area contributed by atoms with E-state index in [0.29, 0.717) is 18.9 Å². The van der Waals surface area contributed by atoms with E-state index in [1.807, 2.05) is 24.8 Å². The summed E-state index contributed by atoms with van der Waals surface area (Å²) in [5.74, 6) is 1.65. The molecule has 1 aromatic heterocycles. The smallest absolute Gasteiger partial charge is 0.246 e. The van der Waals surface area contributed by atoms with Crippen LogP contribution in [-0.2, 0) is 10.0 Å². The van der Waals surface area contributed by atoms with Gasteiger partial charge >= 0.3 is 0 Å². The lowest BCUT2D eigenvalue weighted by atomic mass is 10.3. The van der Waals surface area contributed by atoms with E-state index >= 15 is 0 Å². The van der Waals surface area contributed by atoms with Crippen LogP contribution in [-0.4, -0.2) is 62.5 Å². The topological polar surface area (TPSA) is 87.7 Å². The summed E-state index contributed by atoms with van der Waals surface area (Å²) in [4.78, 5) is 10.7. The number of aromatic nitrogens is 2. The van der Waals surface area contributed by atoms with E-state index < -0.39 is 15.8 Å². The summed E-state index contributed by atoms with van der Waals surface area (Å²) >= 11 is 0. The van der Waals surface area contributed by atoms with Crippen LogP contribution < -0.4 is 15.0 Å². The van der Waals surface area contributed by atoms with Crippen molar-refractivity contribution in [2.45, 2.75) is 18.7 Å². The lowest BCUT2D eigenvalue weighted by Gasteiger charge is -2.35. The molecule has 1 aromatic carbocycles. The number of rotatable bonds is 6. The standard InChI is InChI=1S/C18H24FN5O3S/c1-4-20-17-12-18(22-13(2)21-17)23-7-9-24(10-8-23)28(25,26)16-11-14(19)5-6-15(16)27-3/h5-6,11-12H,4,7-10H2,1-3H3,(H,20,21,22). The zero-order chi connectivity index (χ0) is 20.3. The molecule has 1 aliphatic rings. The number of anilines is 2. The SMILES string of the molecule is CCNc1cc(N2CCN(S(=O)(=O)c3cc(F)ccc3OC)CC2)nc(C)n1. The van der Waals surface area contributed by atoms with Crippen molar-refractivity contribution in [3.8, 4) is 5.75 Å². The lowest BCUT2D eigenvalue weighted by molar-refractivity contribution is 0.372. The summed E-state index contributed by atoms with van der Waals surface area (Å²) in [6.07, 6.45) is 0. The minimum Gasteiger partial charge on any atom is -0.495 e. The number of nitrogens with one attached hydrogen (secondary N) is 1. The van der Waals surface area contributed by atoms with E-state index in [4.69, 9.17) is 4.74 Å². The molecule has 152 valence electrons. The van der Waals surface area contributed by atoms with Gasteiger partial charge in [0.25, 0.3) is 0 Å². The van der Waals surface area contributed by atoms with Crippen LogP contribution in [0.1, 0.15) is 12.7 Å². The molecule has 1 aliphatic heterocycles. The molecule has 0 bridgehead atoms. The third-order valence-electron chi connectivity index (χ3n) is 4.49. The van der Waals surface area contributed by atoms with Crippen LogP contribution in [0.25, 0.3) is 0 Å². The highest BCUT2D eigenvalue weighted by Gasteiger charge is 2.31. The average Bonchev–Trinajstić information content (AvgIpc) is 2.68.